The first-order valence-electron chi connectivity index (χ1n) is 13.3. The molecule has 196 valence electrons. The van der Waals surface area contributed by atoms with E-state index in [1.54, 1.807) is 4.57 Å². The van der Waals surface area contributed by atoms with E-state index in [9.17, 15) is 9.59 Å². The Morgan fingerprint density at radius 3 is 2.37 bits per heavy atom. The Balaban J connectivity index is 1.44. The highest BCUT2D eigenvalue weighted by molar-refractivity contribution is 9.10. The van der Waals surface area contributed by atoms with Gasteiger partial charge in [0.2, 0.25) is 5.91 Å². The van der Waals surface area contributed by atoms with Gasteiger partial charge in [-0.1, -0.05) is 65.3 Å². The Morgan fingerprint density at radius 2 is 1.68 bits per heavy atom. The van der Waals surface area contributed by atoms with Gasteiger partial charge in [0.1, 0.15) is 5.82 Å². The molecule has 0 bridgehead atoms. The number of hydrogen-bond acceptors (Lipinski definition) is 4. The standard InChI is InChI=1S/C31H33BrN4O2/c1-4-26(23-10-6-5-7-11-23)30(37)35-19-18-34(20-21(35)2)22(3)29-33-28-13-9-8-12-27(28)31(38)36(29)25-16-14-24(32)15-17-25/h5-17,21-22,26H,4,18-20H2,1-3H3. The summed E-state index contributed by atoms with van der Waals surface area (Å²) in [6.45, 7) is 8.36. The lowest BCUT2D eigenvalue weighted by molar-refractivity contribution is -0.138. The third-order valence-electron chi connectivity index (χ3n) is 7.66. The van der Waals surface area contributed by atoms with Gasteiger partial charge in [0, 0.05) is 30.1 Å². The molecule has 0 saturated carbocycles. The zero-order valence-corrected chi connectivity index (χ0v) is 23.6. The number of amides is 1. The van der Waals surface area contributed by atoms with Gasteiger partial charge in [0.25, 0.3) is 5.56 Å². The summed E-state index contributed by atoms with van der Waals surface area (Å²) in [6, 6.07) is 25.3. The van der Waals surface area contributed by atoms with E-state index in [1.165, 1.54) is 0 Å². The monoisotopic (exact) mass is 572 g/mol. The number of hydrogen-bond donors (Lipinski definition) is 0. The van der Waals surface area contributed by atoms with Crippen LogP contribution >= 0.6 is 15.9 Å². The van der Waals surface area contributed by atoms with Crippen LogP contribution in [-0.4, -0.2) is 50.9 Å². The zero-order valence-electron chi connectivity index (χ0n) is 22.0. The van der Waals surface area contributed by atoms with Gasteiger partial charge < -0.3 is 4.90 Å². The predicted molar refractivity (Wildman–Crippen MR) is 156 cm³/mol. The van der Waals surface area contributed by atoms with Crippen LogP contribution in [0.1, 0.15) is 50.5 Å². The molecule has 0 N–H and O–H groups in total. The molecule has 4 aromatic rings. The molecule has 2 heterocycles. The highest BCUT2D eigenvalue weighted by atomic mass is 79.9. The van der Waals surface area contributed by atoms with Crippen molar-refractivity contribution in [3.63, 3.8) is 0 Å². The van der Waals surface area contributed by atoms with Crippen LogP contribution in [0.2, 0.25) is 0 Å². The fourth-order valence-corrected chi connectivity index (χ4v) is 5.80. The van der Waals surface area contributed by atoms with E-state index in [1.807, 2.05) is 83.8 Å². The molecule has 0 spiro atoms. The van der Waals surface area contributed by atoms with Crippen molar-refractivity contribution in [2.24, 2.45) is 0 Å². The first-order chi connectivity index (χ1) is 18.4. The van der Waals surface area contributed by atoms with E-state index in [2.05, 4.69) is 41.6 Å². The lowest BCUT2D eigenvalue weighted by Gasteiger charge is -2.43. The summed E-state index contributed by atoms with van der Waals surface area (Å²) in [4.78, 5) is 36.7. The smallest absolute Gasteiger partial charge is 0.266 e. The predicted octanol–water partition coefficient (Wildman–Crippen LogP) is 5.94. The summed E-state index contributed by atoms with van der Waals surface area (Å²) in [5, 5.41) is 0.599. The van der Waals surface area contributed by atoms with Crippen LogP contribution in [0.3, 0.4) is 0 Å². The Kier molecular flexibility index (Phi) is 7.77. The van der Waals surface area contributed by atoms with Crippen molar-refractivity contribution in [1.82, 2.24) is 19.4 Å². The maximum absolute atomic E-state index is 13.7. The molecule has 1 fully saturated rings. The molecular weight excluding hydrogens is 540 g/mol. The normalized spacial score (nSPS) is 17.9. The Morgan fingerprint density at radius 1 is 1.00 bits per heavy atom. The summed E-state index contributed by atoms with van der Waals surface area (Å²) in [5.41, 5.74) is 2.48. The first kappa shape index (κ1) is 26.3. The quantitative estimate of drug-likeness (QED) is 0.287. The topological polar surface area (TPSA) is 58.4 Å². The number of carbonyl (C=O) groups is 1. The van der Waals surface area contributed by atoms with Crippen molar-refractivity contribution in [2.45, 2.75) is 45.2 Å². The molecule has 3 unspecified atom stereocenters. The number of benzene rings is 3. The third kappa shape index (κ3) is 5.05. The SMILES string of the molecule is CCC(C(=O)N1CCN(C(C)c2nc3ccccc3c(=O)n2-c2ccc(Br)cc2)CC1C)c1ccccc1. The maximum atomic E-state index is 13.7. The van der Waals surface area contributed by atoms with Gasteiger partial charge in [-0.25, -0.2) is 4.98 Å². The van der Waals surface area contributed by atoms with Gasteiger partial charge in [-0.3, -0.25) is 19.1 Å². The van der Waals surface area contributed by atoms with Crippen molar-refractivity contribution in [1.29, 1.82) is 0 Å². The van der Waals surface area contributed by atoms with Crippen LogP contribution in [0.15, 0.2) is 88.1 Å². The molecule has 1 saturated heterocycles. The number of nitrogens with zero attached hydrogens (tertiary/aromatic N) is 4. The second-order valence-electron chi connectivity index (χ2n) is 10.0. The summed E-state index contributed by atoms with van der Waals surface area (Å²) < 4.78 is 2.69. The lowest BCUT2D eigenvalue weighted by atomic mass is 9.94. The Bertz CT molecular complexity index is 1490. The van der Waals surface area contributed by atoms with Crippen molar-refractivity contribution < 1.29 is 4.79 Å². The molecule has 1 aliphatic heterocycles. The van der Waals surface area contributed by atoms with Crippen molar-refractivity contribution in [3.8, 4) is 5.69 Å². The first-order valence-corrected chi connectivity index (χ1v) is 14.1. The number of rotatable bonds is 6. The number of halogens is 1. The van der Waals surface area contributed by atoms with Gasteiger partial charge in [0.15, 0.2) is 0 Å². The van der Waals surface area contributed by atoms with E-state index < -0.39 is 0 Å². The van der Waals surface area contributed by atoms with Gasteiger partial charge in [-0.2, -0.15) is 0 Å². The Labute approximate surface area is 232 Å². The summed E-state index contributed by atoms with van der Waals surface area (Å²) >= 11 is 3.50. The number of fused-ring (bicyclic) bond motifs is 1. The molecule has 0 aliphatic carbocycles. The minimum Gasteiger partial charge on any atom is -0.337 e. The number of aromatic nitrogens is 2. The van der Waals surface area contributed by atoms with Crippen LogP contribution in [-0.2, 0) is 4.79 Å². The highest BCUT2D eigenvalue weighted by Gasteiger charge is 2.34. The van der Waals surface area contributed by atoms with Gasteiger partial charge in [0.05, 0.1) is 28.6 Å². The van der Waals surface area contributed by atoms with E-state index >= 15 is 0 Å². The Hall–Kier alpha value is -3.29. The molecule has 0 radical (unpaired) electrons. The van der Waals surface area contributed by atoms with Crippen molar-refractivity contribution in [3.05, 3.63) is 105 Å². The molecule has 6 nitrogen and oxygen atoms in total. The summed E-state index contributed by atoms with van der Waals surface area (Å²) in [5.74, 6) is 0.764. The van der Waals surface area contributed by atoms with Crippen LogP contribution in [0.25, 0.3) is 16.6 Å². The van der Waals surface area contributed by atoms with E-state index in [0.29, 0.717) is 36.4 Å². The molecule has 5 rings (SSSR count). The van der Waals surface area contributed by atoms with Gasteiger partial charge >= 0.3 is 0 Å². The zero-order chi connectivity index (χ0) is 26.8. The van der Waals surface area contributed by atoms with Crippen molar-refractivity contribution in [2.75, 3.05) is 19.6 Å². The van der Waals surface area contributed by atoms with Crippen LogP contribution in [0, 0.1) is 0 Å². The maximum Gasteiger partial charge on any atom is 0.266 e. The minimum atomic E-state index is -0.132. The molecule has 3 aromatic carbocycles. The third-order valence-corrected chi connectivity index (χ3v) is 8.19. The van der Waals surface area contributed by atoms with Gasteiger partial charge in [-0.15, -0.1) is 0 Å². The fourth-order valence-electron chi connectivity index (χ4n) is 5.54. The molecule has 3 atom stereocenters. The van der Waals surface area contributed by atoms with E-state index in [0.717, 1.165) is 22.1 Å². The molecule has 1 aliphatic rings. The molecule has 7 heteroatoms. The second-order valence-corrected chi connectivity index (χ2v) is 10.9. The summed E-state index contributed by atoms with van der Waals surface area (Å²) in [6.07, 6.45) is 0.770. The molecule has 38 heavy (non-hydrogen) atoms. The number of para-hydroxylation sites is 1. The number of carbonyl (C=O) groups excluding carboxylic acids is 1. The van der Waals surface area contributed by atoms with Crippen molar-refractivity contribution >= 4 is 32.7 Å². The second kappa shape index (κ2) is 11.2. The average molecular weight is 574 g/mol. The highest BCUT2D eigenvalue weighted by Crippen LogP contribution is 2.28. The van der Waals surface area contributed by atoms with Crippen LogP contribution in [0.4, 0.5) is 0 Å². The largest absolute Gasteiger partial charge is 0.337 e. The fraction of sp³-hybridized carbons (Fsp3) is 0.323. The molecule has 1 amide bonds. The van der Waals surface area contributed by atoms with E-state index in [4.69, 9.17) is 4.98 Å². The van der Waals surface area contributed by atoms with Crippen LogP contribution < -0.4 is 5.56 Å². The molecule has 1 aromatic heterocycles. The molecular formula is C31H33BrN4O2. The minimum absolute atomic E-state index is 0.0461. The van der Waals surface area contributed by atoms with Crippen LogP contribution in [0.5, 0.6) is 0 Å². The number of piperazine rings is 1. The lowest BCUT2D eigenvalue weighted by Crippen LogP contribution is -2.55. The average Bonchev–Trinajstić information content (AvgIpc) is 2.94. The van der Waals surface area contributed by atoms with Gasteiger partial charge in [-0.05, 0) is 62.2 Å². The summed E-state index contributed by atoms with van der Waals surface area (Å²) in [7, 11) is 0. The van der Waals surface area contributed by atoms with E-state index in [-0.39, 0.29) is 29.5 Å².